The van der Waals surface area contributed by atoms with E-state index in [1.54, 1.807) is 18.7 Å². The first kappa shape index (κ1) is 18.3. The second-order valence-electron chi connectivity index (χ2n) is 6.27. The molecule has 1 aromatic rings. The quantitative estimate of drug-likeness (QED) is 0.840. The van der Waals surface area contributed by atoms with Crippen LogP contribution in [0.4, 0.5) is 4.79 Å². The van der Waals surface area contributed by atoms with Crippen LogP contribution in [0, 0.1) is 0 Å². The molecule has 6 nitrogen and oxygen atoms in total. The topological polar surface area (TPSA) is 67.9 Å². The molecule has 0 aromatic heterocycles. The van der Waals surface area contributed by atoms with Crippen LogP contribution in [0.15, 0.2) is 30.3 Å². The van der Waals surface area contributed by atoms with E-state index in [1.807, 2.05) is 37.3 Å². The van der Waals surface area contributed by atoms with Crippen molar-refractivity contribution in [1.82, 2.24) is 10.2 Å². The van der Waals surface area contributed by atoms with Crippen LogP contribution in [0.1, 0.15) is 38.9 Å². The number of morpholine rings is 1. The third kappa shape index (κ3) is 5.53. The number of carbonyl (C=O) groups is 2. The molecule has 24 heavy (non-hydrogen) atoms. The third-order valence-corrected chi connectivity index (χ3v) is 3.69. The van der Waals surface area contributed by atoms with Crippen molar-refractivity contribution in [3.63, 3.8) is 0 Å². The SMILES string of the molecule is CC(C)OC(=O)CCNC(=O)N1CC(C)OC(c2ccccc2)C1. The lowest BCUT2D eigenvalue weighted by atomic mass is 10.1. The number of hydrogen-bond acceptors (Lipinski definition) is 4. The zero-order chi connectivity index (χ0) is 17.5. The van der Waals surface area contributed by atoms with Crippen molar-refractivity contribution in [1.29, 1.82) is 0 Å². The number of rotatable bonds is 5. The number of esters is 1. The molecule has 0 aliphatic carbocycles. The smallest absolute Gasteiger partial charge is 0.317 e. The van der Waals surface area contributed by atoms with Crippen LogP contribution < -0.4 is 5.32 Å². The molecule has 1 aliphatic heterocycles. The number of nitrogens with zero attached hydrogens (tertiary/aromatic N) is 1. The molecule has 0 saturated carbocycles. The summed E-state index contributed by atoms with van der Waals surface area (Å²) in [5.41, 5.74) is 1.06. The van der Waals surface area contributed by atoms with E-state index in [0.29, 0.717) is 13.1 Å². The number of nitrogens with one attached hydrogen (secondary N) is 1. The highest BCUT2D eigenvalue weighted by Crippen LogP contribution is 2.24. The fraction of sp³-hybridized carbons (Fsp3) is 0.556. The average molecular weight is 334 g/mol. The summed E-state index contributed by atoms with van der Waals surface area (Å²) in [4.78, 5) is 25.6. The minimum atomic E-state index is -0.303. The van der Waals surface area contributed by atoms with Crippen molar-refractivity contribution in [3.8, 4) is 0 Å². The highest BCUT2D eigenvalue weighted by atomic mass is 16.5. The molecule has 0 bridgehead atoms. The fourth-order valence-electron chi connectivity index (χ4n) is 2.67. The first-order valence-electron chi connectivity index (χ1n) is 8.38. The lowest BCUT2D eigenvalue weighted by Gasteiger charge is -2.37. The van der Waals surface area contributed by atoms with Crippen molar-refractivity contribution in [2.24, 2.45) is 0 Å². The number of ether oxygens (including phenoxy) is 2. The zero-order valence-corrected chi connectivity index (χ0v) is 14.5. The monoisotopic (exact) mass is 334 g/mol. The lowest BCUT2D eigenvalue weighted by molar-refractivity contribution is -0.147. The number of carbonyl (C=O) groups excluding carboxylic acids is 2. The van der Waals surface area contributed by atoms with Crippen LogP contribution in [0.5, 0.6) is 0 Å². The second-order valence-corrected chi connectivity index (χ2v) is 6.27. The Labute approximate surface area is 143 Å². The Balaban J connectivity index is 1.84. The van der Waals surface area contributed by atoms with Gasteiger partial charge in [0.25, 0.3) is 0 Å². The van der Waals surface area contributed by atoms with E-state index >= 15 is 0 Å². The Hall–Kier alpha value is -2.08. The molecule has 2 unspecified atom stereocenters. The minimum Gasteiger partial charge on any atom is -0.463 e. The number of urea groups is 1. The fourth-order valence-corrected chi connectivity index (χ4v) is 2.67. The van der Waals surface area contributed by atoms with Gasteiger partial charge in [0.05, 0.1) is 25.2 Å². The molecule has 1 N–H and O–H groups in total. The van der Waals surface area contributed by atoms with Crippen molar-refractivity contribution in [2.45, 2.75) is 45.5 Å². The standard InChI is InChI=1S/C18H26N2O4/c1-13(2)23-17(21)9-10-19-18(22)20-11-14(3)24-16(12-20)15-7-5-4-6-8-15/h4-8,13-14,16H,9-12H2,1-3H3,(H,19,22). The van der Waals surface area contributed by atoms with Gasteiger partial charge in [-0.25, -0.2) is 4.79 Å². The van der Waals surface area contributed by atoms with Gasteiger partial charge in [-0.05, 0) is 26.3 Å². The van der Waals surface area contributed by atoms with Gasteiger partial charge >= 0.3 is 12.0 Å². The number of hydrogen-bond donors (Lipinski definition) is 1. The van der Waals surface area contributed by atoms with Gasteiger partial charge in [-0.3, -0.25) is 4.79 Å². The van der Waals surface area contributed by atoms with Gasteiger partial charge in [0, 0.05) is 13.1 Å². The highest BCUT2D eigenvalue weighted by molar-refractivity contribution is 5.75. The third-order valence-electron chi connectivity index (χ3n) is 3.69. The molecule has 1 heterocycles. The van der Waals surface area contributed by atoms with E-state index < -0.39 is 0 Å². The molecular formula is C18H26N2O4. The summed E-state index contributed by atoms with van der Waals surface area (Å²) in [7, 11) is 0. The Morgan fingerprint density at radius 3 is 2.67 bits per heavy atom. The second kappa shape index (κ2) is 8.68. The summed E-state index contributed by atoms with van der Waals surface area (Å²) in [6, 6.07) is 9.70. The van der Waals surface area contributed by atoms with Crippen LogP contribution in [0.3, 0.4) is 0 Å². The Morgan fingerprint density at radius 2 is 2.00 bits per heavy atom. The molecule has 0 spiro atoms. The van der Waals surface area contributed by atoms with Crippen molar-refractivity contribution in [2.75, 3.05) is 19.6 Å². The number of amides is 2. The van der Waals surface area contributed by atoms with Crippen molar-refractivity contribution < 1.29 is 19.1 Å². The molecule has 2 rings (SSSR count). The predicted molar refractivity (Wildman–Crippen MR) is 90.5 cm³/mol. The summed E-state index contributed by atoms with van der Waals surface area (Å²) < 4.78 is 11.0. The maximum atomic E-state index is 12.3. The van der Waals surface area contributed by atoms with Crippen LogP contribution in [0.2, 0.25) is 0 Å². The minimum absolute atomic E-state index is 0.0411. The van der Waals surface area contributed by atoms with Crippen molar-refractivity contribution in [3.05, 3.63) is 35.9 Å². The molecule has 1 aromatic carbocycles. The molecule has 132 valence electrons. The van der Waals surface area contributed by atoms with E-state index in [-0.39, 0.29) is 43.3 Å². The Bertz CT molecular complexity index is 547. The first-order chi connectivity index (χ1) is 11.5. The largest absolute Gasteiger partial charge is 0.463 e. The molecule has 1 saturated heterocycles. The first-order valence-corrected chi connectivity index (χ1v) is 8.38. The average Bonchev–Trinajstić information content (AvgIpc) is 2.54. The molecule has 2 amide bonds. The molecule has 0 radical (unpaired) electrons. The normalized spacial score (nSPS) is 20.8. The maximum Gasteiger partial charge on any atom is 0.317 e. The summed E-state index contributed by atoms with van der Waals surface area (Å²) in [6.45, 7) is 6.86. The van der Waals surface area contributed by atoms with Gasteiger partial charge in [-0.1, -0.05) is 30.3 Å². The summed E-state index contributed by atoms with van der Waals surface area (Å²) in [5.74, 6) is -0.303. The van der Waals surface area contributed by atoms with Gasteiger partial charge in [-0.15, -0.1) is 0 Å². The predicted octanol–water partition coefficient (Wildman–Crippen LogP) is 2.50. The molecule has 6 heteroatoms. The van der Waals surface area contributed by atoms with Crippen molar-refractivity contribution >= 4 is 12.0 Å². The van der Waals surface area contributed by atoms with Crippen LogP contribution in [-0.4, -0.2) is 48.7 Å². The Morgan fingerprint density at radius 1 is 1.29 bits per heavy atom. The summed E-state index contributed by atoms with van der Waals surface area (Å²) >= 11 is 0. The summed E-state index contributed by atoms with van der Waals surface area (Å²) in [5, 5.41) is 2.78. The van der Waals surface area contributed by atoms with Gasteiger partial charge in [-0.2, -0.15) is 0 Å². The van der Waals surface area contributed by atoms with E-state index in [2.05, 4.69) is 5.32 Å². The van der Waals surface area contributed by atoms with Crippen LogP contribution >= 0.6 is 0 Å². The molecular weight excluding hydrogens is 308 g/mol. The molecule has 2 atom stereocenters. The highest BCUT2D eigenvalue weighted by Gasteiger charge is 2.29. The van der Waals surface area contributed by atoms with E-state index in [0.717, 1.165) is 5.56 Å². The van der Waals surface area contributed by atoms with Crippen LogP contribution in [0.25, 0.3) is 0 Å². The Kier molecular flexibility index (Phi) is 6.61. The van der Waals surface area contributed by atoms with Gasteiger partial charge < -0.3 is 19.7 Å². The van der Waals surface area contributed by atoms with E-state index in [1.165, 1.54) is 0 Å². The van der Waals surface area contributed by atoms with Gasteiger partial charge in [0.2, 0.25) is 0 Å². The maximum absolute atomic E-state index is 12.3. The van der Waals surface area contributed by atoms with E-state index in [4.69, 9.17) is 9.47 Å². The van der Waals surface area contributed by atoms with E-state index in [9.17, 15) is 9.59 Å². The van der Waals surface area contributed by atoms with Gasteiger partial charge in [0.1, 0.15) is 6.10 Å². The molecule has 1 fully saturated rings. The van der Waals surface area contributed by atoms with Crippen LogP contribution in [-0.2, 0) is 14.3 Å². The zero-order valence-electron chi connectivity index (χ0n) is 14.5. The lowest BCUT2D eigenvalue weighted by Crippen LogP contribution is -2.50. The van der Waals surface area contributed by atoms with Gasteiger partial charge in [0.15, 0.2) is 0 Å². The summed E-state index contributed by atoms with van der Waals surface area (Å²) in [6.07, 6.45) is -0.140. The number of benzene rings is 1. The molecule has 1 aliphatic rings.